The Morgan fingerprint density at radius 3 is 2.80 bits per heavy atom. The van der Waals surface area contributed by atoms with Gasteiger partial charge in [-0.25, -0.2) is 0 Å². The molecule has 2 rings (SSSR count). The first-order chi connectivity index (χ1) is 9.72. The molecular weight excluding hydrogens is 270 g/mol. The summed E-state index contributed by atoms with van der Waals surface area (Å²) in [5.74, 6) is 0.752. The third-order valence-corrected chi connectivity index (χ3v) is 4.08. The molecular formula is C15H21N3OS. The van der Waals surface area contributed by atoms with Gasteiger partial charge in [0.1, 0.15) is 5.69 Å². The maximum absolute atomic E-state index is 6.49. The van der Waals surface area contributed by atoms with Crippen molar-refractivity contribution in [2.75, 3.05) is 13.4 Å². The summed E-state index contributed by atoms with van der Waals surface area (Å²) in [5.41, 5.74) is 8.54. The molecule has 4 nitrogen and oxygen atoms in total. The minimum absolute atomic E-state index is 0.234. The number of hydrogen-bond acceptors (Lipinski definition) is 4. The highest BCUT2D eigenvalue weighted by Crippen LogP contribution is 2.33. The SMILES string of the molecule is CCCn1ncc(OC)c1C(N)c1ccccc1SC. The van der Waals surface area contributed by atoms with E-state index in [4.69, 9.17) is 10.5 Å². The van der Waals surface area contributed by atoms with Crippen LogP contribution in [0.15, 0.2) is 35.4 Å². The zero-order valence-corrected chi connectivity index (χ0v) is 13.0. The molecule has 0 fully saturated rings. The van der Waals surface area contributed by atoms with Gasteiger partial charge in [-0.05, 0) is 24.3 Å². The van der Waals surface area contributed by atoms with Crippen LogP contribution in [0.5, 0.6) is 5.75 Å². The van der Waals surface area contributed by atoms with Gasteiger partial charge in [0.2, 0.25) is 0 Å². The van der Waals surface area contributed by atoms with Crippen LogP contribution in [0.25, 0.3) is 0 Å². The van der Waals surface area contributed by atoms with E-state index < -0.39 is 0 Å². The quantitative estimate of drug-likeness (QED) is 0.831. The summed E-state index contributed by atoms with van der Waals surface area (Å²) in [6.45, 7) is 2.97. The molecule has 0 aliphatic heterocycles. The molecule has 1 aromatic carbocycles. The number of nitrogens with two attached hydrogens (primary N) is 1. The number of nitrogens with zero attached hydrogens (tertiary/aromatic N) is 2. The van der Waals surface area contributed by atoms with Gasteiger partial charge < -0.3 is 10.5 Å². The number of thioether (sulfide) groups is 1. The van der Waals surface area contributed by atoms with Gasteiger partial charge in [-0.1, -0.05) is 25.1 Å². The molecule has 0 aliphatic rings. The van der Waals surface area contributed by atoms with E-state index >= 15 is 0 Å². The standard InChI is InChI=1S/C15H21N3OS/c1-4-9-18-15(12(19-2)10-17-18)14(16)11-7-5-6-8-13(11)20-3/h5-8,10,14H,4,9,16H2,1-3H3. The predicted octanol–water partition coefficient (Wildman–Crippen LogP) is 3.07. The lowest BCUT2D eigenvalue weighted by Gasteiger charge is -2.18. The predicted molar refractivity (Wildman–Crippen MR) is 83.3 cm³/mol. The summed E-state index contributed by atoms with van der Waals surface area (Å²) in [6.07, 6.45) is 4.81. The highest BCUT2D eigenvalue weighted by Gasteiger charge is 2.21. The Kier molecular flexibility index (Phi) is 5.09. The fourth-order valence-electron chi connectivity index (χ4n) is 2.31. The van der Waals surface area contributed by atoms with Crippen molar-refractivity contribution in [2.45, 2.75) is 30.8 Å². The van der Waals surface area contributed by atoms with Crippen molar-refractivity contribution < 1.29 is 4.74 Å². The van der Waals surface area contributed by atoms with Crippen LogP contribution in [-0.4, -0.2) is 23.1 Å². The molecule has 20 heavy (non-hydrogen) atoms. The zero-order chi connectivity index (χ0) is 14.5. The lowest BCUT2D eigenvalue weighted by molar-refractivity contribution is 0.403. The first-order valence-electron chi connectivity index (χ1n) is 6.71. The van der Waals surface area contributed by atoms with E-state index in [0.29, 0.717) is 0 Å². The fraction of sp³-hybridized carbons (Fsp3) is 0.400. The highest BCUT2D eigenvalue weighted by atomic mass is 32.2. The highest BCUT2D eigenvalue weighted by molar-refractivity contribution is 7.98. The van der Waals surface area contributed by atoms with Crippen molar-refractivity contribution in [3.05, 3.63) is 41.7 Å². The molecule has 1 aromatic heterocycles. The van der Waals surface area contributed by atoms with E-state index in [1.165, 1.54) is 4.90 Å². The number of aromatic nitrogens is 2. The van der Waals surface area contributed by atoms with Crippen LogP contribution >= 0.6 is 11.8 Å². The molecule has 0 amide bonds. The van der Waals surface area contributed by atoms with Gasteiger partial charge in [-0.3, -0.25) is 4.68 Å². The van der Waals surface area contributed by atoms with E-state index in [-0.39, 0.29) is 6.04 Å². The monoisotopic (exact) mass is 291 g/mol. The smallest absolute Gasteiger partial charge is 0.161 e. The maximum Gasteiger partial charge on any atom is 0.161 e. The van der Waals surface area contributed by atoms with E-state index in [2.05, 4.69) is 30.4 Å². The van der Waals surface area contributed by atoms with Crippen molar-refractivity contribution in [3.8, 4) is 5.75 Å². The normalized spacial score (nSPS) is 12.4. The number of rotatable bonds is 6. The second kappa shape index (κ2) is 6.81. The van der Waals surface area contributed by atoms with E-state index in [9.17, 15) is 0 Å². The number of benzene rings is 1. The minimum atomic E-state index is -0.234. The Morgan fingerprint density at radius 2 is 2.15 bits per heavy atom. The van der Waals surface area contributed by atoms with Crippen molar-refractivity contribution >= 4 is 11.8 Å². The van der Waals surface area contributed by atoms with Crippen LogP contribution < -0.4 is 10.5 Å². The molecule has 0 radical (unpaired) electrons. The summed E-state index contributed by atoms with van der Waals surface area (Å²) < 4.78 is 7.36. The van der Waals surface area contributed by atoms with Crippen LogP contribution in [-0.2, 0) is 6.54 Å². The summed E-state index contributed by atoms with van der Waals surface area (Å²) in [6, 6.07) is 7.97. The molecule has 0 bridgehead atoms. The van der Waals surface area contributed by atoms with Crippen molar-refractivity contribution in [3.63, 3.8) is 0 Å². The summed E-state index contributed by atoms with van der Waals surface area (Å²) >= 11 is 1.70. The number of methoxy groups -OCH3 is 1. The van der Waals surface area contributed by atoms with Gasteiger partial charge in [-0.15, -0.1) is 11.8 Å². The molecule has 108 valence electrons. The van der Waals surface area contributed by atoms with Gasteiger partial charge in [-0.2, -0.15) is 5.10 Å². The first-order valence-corrected chi connectivity index (χ1v) is 7.93. The fourth-order valence-corrected chi connectivity index (χ4v) is 2.95. The van der Waals surface area contributed by atoms with E-state index in [1.807, 2.05) is 16.8 Å². The molecule has 0 aliphatic carbocycles. The van der Waals surface area contributed by atoms with Crippen molar-refractivity contribution in [1.29, 1.82) is 0 Å². The van der Waals surface area contributed by atoms with Crippen LogP contribution in [0.2, 0.25) is 0 Å². The van der Waals surface area contributed by atoms with Crippen LogP contribution in [0, 0.1) is 0 Å². The molecule has 5 heteroatoms. The largest absolute Gasteiger partial charge is 0.493 e. The third-order valence-electron chi connectivity index (χ3n) is 3.27. The summed E-state index contributed by atoms with van der Waals surface area (Å²) in [5, 5.41) is 4.38. The van der Waals surface area contributed by atoms with Gasteiger partial charge in [0.05, 0.1) is 19.3 Å². The maximum atomic E-state index is 6.49. The topological polar surface area (TPSA) is 53.1 Å². The molecule has 2 N–H and O–H groups in total. The van der Waals surface area contributed by atoms with Gasteiger partial charge >= 0.3 is 0 Å². The number of hydrogen-bond donors (Lipinski definition) is 1. The van der Waals surface area contributed by atoms with Gasteiger partial charge in [0.25, 0.3) is 0 Å². The Balaban J connectivity index is 2.46. The summed E-state index contributed by atoms with van der Waals surface area (Å²) in [4.78, 5) is 1.19. The second-order valence-corrected chi connectivity index (χ2v) is 5.39. The van der Waals surface area contributed by atoms with Crippen molar-refractivity contribution in [1.82, 2.24) is 9.78 Å². The third kappa shape index (κ3) is 2.83. The molecule has 1 heterocycles. The van der Waals surface area contributed by atoms with Crippen LogP contribution in [0.3, 0.4) is 0 Å². The molecule has 0 saturated heterocycles. The average molecular weight is 291 g/mol. The first kappa shape index (κ1) is 14.9. The zero-order valence-electron chi connectivity index (χ0n) is 12.2. The molecule has 0 spiro atoms. The van der Waals surface area contributed by atoms with Crippen LogP contribution in [0.4, 0.5) is 0 Å². The van der Waals surface area contributed by atoms with E-state index in [1.54, 1.807) is 25.1 Å². The van der Waals surface area contributed by atoms with Crippen LogP contribution in [0.1, 0.15) is 30.6 Å². The minimum Gasteiger partial charge on any atom is -0.493 e. The van der Waals surface area contributed by atoms with E-state index in [0.717, 1.165) is 30.0 Å². The molecule has 2 aromatic rings. The van der Waals surface area contributed by atoms with Gasteiger partial charge in [0.15, 0.2) is 5.75 Å². The Morgan fingerprint density at radius 1 is 1.40 bits per heavy atom. The lowest BCUT2D eigenvalue weighted by Crippen LogP contribution is -2.19. The average Bonchev–Trinajstić information content (AvgIpc) is 2.89. The molecule has 1 unspecified atom stereocenters. The Bertz CT molecular complexity index is 568. The second-order valence-electron chi connectivity index (χ2n) is 4.54. The summed E-state index contributed by atoms with van der Waals surface area (Å²) in [7, 11) is 1.66. The Hall–Kier alpha value is -1.46. The van der Waals surface area contributed by atoms with Crippen molar-refractivity contribution in [2.24, 2.45) is 5.73 Å². The lowest BCUT2D eigenvalue weighted by atomic mass is 10.0. The molecule has 1 atom stereocenters. The Labute approximate surface area is 124 Å². The molecule has 0 saturated carbocycles. The number of aryl methyl sites for hydroxylation is 1. The van der Waals surface area contributed by atoms with Gasteiger partial charge in [0, 0.05) is 11.4 Å². The number of ether oxygens (including phenoxy) is 1.